The third-order valence-corrected chi connectivity index (χ3v) is 5.92. The van der Waals surface area contributed by atoms with Crippen LogP contribution in [0.25, 0.3) is 33.8 Å². The van der Waals surface area contributed by atoms with Crippen LogP contribution in [0.4, 0.5) is 5.82 Å². The molecule has 8 nitrogen and oxygen atoms in total. The molecule has 37 heavy (non-hydrogen) atoms. The van der Waals surface area contributed by atoms with E-state index in [1.54, 1.807) is 60.7 Å². The number of benzene rings is 3. The molecule has 0 unspecified atom stereocenters. The fourth-order valence-corrected chi connectivity index (χ4v) is 4.16. The van der Waals surface area contributed by atoms with Gasteiger partial charge in [0.25, 0.3) is 11.1 Å². The number of nitrogen functional groups attached to an aromatic ring is 1. The minimum atomic E-state index is -0.627. The Morgan fingerprint density at radius 3 is 1.92 bits per heavy atom. The molecule has 0 bridgehead atoms. The SMILES string of the molecule is N#Cc1c(-c2ccc(-n3nc(-c4ccccc4)ccc3=O)cc2)c(C#N)c(=O)n(-c2ccccc2)c1N. The van der Waals surface area contributed by atoms with Gasteiger partial charge < -0.3 is 5.73 Å². The highest BCUT2D eigenvalue weighted by atomic mass is 16.1. The van der Waals surface area contributed by atoms with E-state index < -0.39 is 5.56 Å². The summed E-state index contributed by atoms with van der Waals surface area (Å²) in [5.74, 6) is -0.0646. The van der Waals surface area contributed by atoms with Crippen molar-refractivity contribution in [3.63, 3.8) is 0 Å². The van der Waals surface area contributed by atoms with Crippen LogP contribution in [-0.2, 0) is 0 Å². The maximum atomic E-state index is 13.3. The fraction of sp³-hybridized carbons (Fsp3) is 0. The van der Waals surface area contributed by atoms with E-state index in [2.05, 4.69) is 11.2 Å². The Balaban J connectivity index is 1.64. The largest absolute Gasteiger partial charge is 0.384 e. The van der Waals surface area contributed by atoms with Gasteiger partial charge in [0.05, 0.1) is 17.1 Å². The van der Waals surface area contributed by atoms with Crippen LogP contribution >= 0.6 is 0 Å². The van der Waals surface area contributed by atoms with Crippen LogP contribution in [0.2, 0.25) is 0 Å². The van der Waals surface area contributed by atoms with Crippen molar-refractivity contribution in [2.75, 3.05) is 5.73 Å². The van der Waals surface area contributed by atoms with Crippen LogP contribution in [-0.4, -0.2) is 14.3 Å². The fourth-order valence-electron chi connectivity index (χ4n) is 4.16. The zero-order valence-corrected chi connectivity index (χ0v) is 19.4. The summed E-state index contributed by atoms with van der Waals surface area (Å²) in [6.45, 7) is 0. The van der Waals surface area contributed by atoms with Crippen molar-refractivity contribution in [3.05, 3.63) is 129 Å². The Morgan fingerprint density at radius 1 is 0.676 bits per heavy atom. The molecule has 0 atom stereocenters. The number of nitrogens with two attached hydrogens (primary N) is 1. The number of hydrogen-bond acceptors (Lipinski definition) is 6. The predicted molar refractivity (Wildman–Crippen MR) is 140 cm³/mol. The van der Waals surface area contributed by atoms with Gasteiger partial charge in [-0.1, -0.05) is 60.7 Å². The summed E-state index contributed by atoms with van der Waals surface area (Å²) in [7, 11) is 0. The van der Waals surface area contributed by atoms with Gasteiger partial charge in [-0.15, -0.1) is 0 Å². The summed E-state index contributed by atoms with van der Waals surface area (Å²) in [4.78, 5) is 25.9. The number of nitriles is 2. The monoisotopic (exact) mass is 482 g/mol. The molecule has 2 aromatic heterocycles. The van der Waals surface area contributed by atoms with Crippen molar-refractivity contribution in [2.45, 2.75) is 0 Å². The number of anilines is 1. The second-order valence-electron chi connectivity index (χ2n) is 8.09. The molecule has 3 aromatic carbocycles. The normalized spacial score (nSPS) is 10.4. The van der Waals surface area contributed by atoms with E-state index in [1.165, 1.54) is 10.7 Å². The zero-order valence-electron chi connectivity index (χ0n) is 19.4. The summed E-state index contributed by atoms with van der Waals surface area (Å²) in [6, 6.07) is 31.7. The first kappa shape index (κ1) is 23.0. The quantitative estimate of drug-likeness (QED) is 0.411. The molecular formula is C29H18N6O2. The lowest BCUT2D eigenvalue weighted by Crippen LogP contribution is -2.26. The van der Waals surface area contributed by atoms with Gasteiger partial charge in [0, 0.05) is 17.2 Å². The van der Waals surface area contributed by atoms with Crippen molar-refractivity contribution in [3.8, 4) is 45.9 Å². The van der Waals surface area contributed by atoms with Crippen LogP contribution in [0.3, 0.4) is 0 Å². The van der Waals surface area contributed by atoms with Gasteiger partial charge in [0.2, 0.25) is 0 Å². The Hall–Kier alpha value is -5.73. The van der Waals surface area contributed by atoms with Crippen LogP contribution in [0, 0.1) is 22.7 Å². The molecule has 0 aliphatic carbocycles. The maximum Gasteiger partial charge on any atom is 0.275 e. The van der Waals surface area contributed by atoms with Crippen LogP contribution in [0.5, 0.6) is 0 Å². The molecule has 5 rings (SSSR count). The highest BCUT2D eigenvalue weighted by Crippen LogP contribution is 2.31. The van der Waals surface area contributed by atoms with Gasteiger partial charge in [-0.05, 0) is 35.9 Å². The smallest absolute Gasteiger partial charge is 0.275 e. The van der Waals surface area contributed by atoms with E-state index in [0.717, 1.165) is 10.1 Å². The first-order valence-corrected chi connectivity index (χ1v) is 11.2. The lowest BCUT2D eigenvalue weighted by molar-refractivity contribution is 0.812. The summed E-state index contributed by atoms with van der Waals surface area (Å²) >= 11 is 0. The van der Waals surface area contributed by atoms with Gasteiger partial charge in [-0.25, -0.2) is 0 Å². The van der Waals surface area contributed by atoms with E-state index in [0.29, 0.717) is 22.6 Å². The average Bonchev–Trinajstić information content (AvgIpc) is 2.94. The van der Waals surface area contributed by atoms with E-state index in [-0.39, 0.29) is 28.1 Å². The highest BCUT2D eigenvalue weighted by molar-refractivity contribution is 5.81. The molecule has 0 amide bonds. The molecule has 0 saturated carbocycles. The average molecular weight is 483 g/mol. The number of pyridine rings is 1. The van der Waals surface area contributed by atoms with Crippen LogP contribution in [0.1, 0.15) is 11.1 Å². The standard InChI is InChI=1S/C29H18N6O2/c30-17-23-27(24(18-31)29(37)34(28(23)32)21-9-5-2-6-10-21)20-11-13-22(14-12-20)35-26(36)16-15-25(33-35)19-7-3-1-4-8-19/h1-16H,32H2. The summed E-state index contributed by atoms with van der Waals surface area (Å²) in [5, 5.41) is 24.3. The number of nitrogens with zero attached hydrogens (tertiary/aromatic N) is 5. The molecule has 0 radical (unpaired) electrons. The van der Waals surface area contributed by atoms with Crippen molar-refractivity contribution in [2.24, 2.45) is 0 Å². The van der Waals surface area contributed by atoms with Crippen molar-refractivity contribution in [1.82, 2.24) is 14.3 Å². The Kier molecular flexibility index (Phi) is 5.91. The van der Waals surface area contributed by atoms with E-state index in [1.807, 2.05) is 36.4 Å². The zero-order chi connectivity index (χ0) is 25.9. The lowest BCUT2D eigenvalue weighted by Gasteiger charge is -2.16. The molecule has 5 aromatic rings. The molecule has 0 saturated heterocycles. The van der Waals surface area contributed by atoms with Gasteiger partial charge in [-0.2, -0.15) is 20.3 Å². The second-order valence-corrected chi connectivity index (χ2v) is 8.09. The maximum absolute atomic E-state index is 13.3. The molecule has 8 heteroatoms. The summed E-state index contributed by atoms with van der Waals surface area (Å²) in [5.41, 5.74) is 8.13. The molecular weight excluding hydrogens is 464 g/mol. The van der Waals surface area contributed by atoms with Crippen LogP contribution in [0.15, 0.2) is 107 Å². The molecule has 0 spiro atoms. The summed E-state index contributed by atoms with van der Waals surface area (Å²) < 4.78 is 2.43. The molecule has 176 valence electrons. The minimum Gasteiger partial charge on any atom is -0.384 e. The number of aromatic nitrogens is 3. The predicted octanol–water partition coefficient (Wildman–Crippen LogP) is 4.04. The van der Waals surface area contributed by atoms with Crippen LogP contribution < -0.4 is 16.9 Å². The number of para-hydroxylation sites is 1. The molecule has 2 heterocycles. The Morgan fingerprint density at radius 2 is 1.30 bits per heavy atom. The number of rotatable bonds is 4. The Labute approximate surface area is 211 Å². The third kappa shape index (κ3) is 4.05. The second kappa shape index (κ2) is 9.49. The molecule has 0 fully saturated rings. The summed E-state index contributed by atoms with van der Waals surface area (Å²) in [6.07, 6.45) is 0. The molecule has 0 aliphatic rings. The van der Waals surface area contributed by atoms with E-state index >= 15 is 0 Å². The van der Waals surface area contributed by atoms with Gasteiger partial charge in [0.1, 0.15) is 29.1 Å². The van der Waals surface area contributed by atoms with Gasteiger partial charge >= 0.3 is 0 Å². The lowest BCUT2D eigenvalue weighted by atomic mass is 9.96. The minimum absolute atomic E-state index is 0.00844. The van der Waals surface area contributed by atoms with Gasteiger partial charge in [-0.3, -0.25) is 14.2 Å². The first-order chi connectivity index (χ1) is 18.0. The Bertz CT molecular complexity index is 1830. The highest BCUT2D eigenvalue weighted by Gasteiger charge is 2.22. The van der Waals surface area contributed by atoms with E-state index in [9.17, 15) is 20.1 Å². The van der Waals surface area contributed by atoms with Crippen molar-refractivity contribution < 1.29 is 0 Å². The van der Waals surface area contributed by atoms with Gasteiger partial charge in [0.15, 0.2) is 0 Å². The molecule has 2 N–H and O–H groups in total. The topological polar surface area (TPSA) is 130 Å². The number of hydrogen-bond donors (Lipinski definition) is 1. The van der Waals surface area contributed by atoms with Crippen molar-refractivity contribution >= 4 is 5.82 Å². The first-order valence-electron chi connectivity index (χ1n) is 11.2. The molecule has 0 aliphatic heterocycles. The van der Waals surface area contributed by atoms with Crippen molar-refractivity contribution in [1.29, 1.82) is 10.5 Å². The van der Waals surface area contributed by atoms with E-state index in [4.69, 9.17) is 5.73 Å². The third-order valence-electron chi connectivity index (χ3n) is 5.92.